The smallest absolute Gasteiger partial charge is 0.226 e. The van der Waals surface area contributed by atoms with E-state index in [4.69, 9.17) is 4.74 Å². The van der Waals surface area contributed by atoms with Crippen LogP contribution in [0.4, 0.5) is 5.69 Å². The van der Waals surface area contributed by atoms with Crippen LogP contribution < -0.4 is 15.4 Å². The van der Waals surface area contributed by atoms with Crippen LogP contribution in [0.5, 0.6) is 5.88 Å². The molecule has 6 heteroatoms. The van der Waals surface area contributed by atoms with E-state index in [0.717, 1.165) is 5.56 Å². The summed E-state index contributed by atoms with van der Waals surface area (Å²) < 4.78 is 4.97. The lowest BCUT2D eigenvalue weighted by Crippen LogP contribution is -2.29. The lowest BCUT2D eigenvalue weighted by atomic mass is 10.0. The largest absolute Gasteiger partial charge is 0.481 e. The van der Waals surface area contributed by atoms with Gasteiger partial charge in [-0.1, -0.05) is 30.3 Å². The minimum atomic E-state index is -0.375. The Bertz CT molecular complexity index is 657. The highest BCUT2D eigenvalue weighted by Crippen LogP contribution is 2.18. The predicted molar refractivity (Wildman–Crippen MR) is 87.0 cm³/mol. The average molecular weight is 313 g/mol. The van der Waals surface area contributed by atoms with Crippen molar-refractivity contribution in [2.45, 2.75) is 19.4 Å². The third-order valence-electron chi connectivity index (χ3n) is 3.20. The molecule has 0 saturated heterocycles. The summed E-state index contributed by atoms with van der Waals surface area (Å²) in [6.07, 6.45) is 1.66. The second kappa shape index (κ2) is 7.93. The number of carbonyl (C=O) groups is 2. The van der Waals surface area contributed by atoms with Crippen molar-refractivity contribution in [3.63, 3.8) is 0 Å². The maximum atomic E-state index is 12.2. The van der Waals surface area contributed by atoms with E-state index in [2.05, 4.69) is 15.6 Å². The molecule has 1 heterocycles. The molecule has 0 radical (unpaired) electrons. The number of nitrogens with zero attached hydrogens (tertiary/aromatic N) is 1. The molecule has 0 saturated carbocycles. The molecule has 0 fully saturated rings. The first-order valence-electron chi connectivity index (χ1n) is 7.20. The van der Waals surface area contributed by atoms with Gasteiger partial charge in [0.15, 0.2) is 0 Å². The van der Waals surface area contributed by atoms with Gasteiger partial charge in [0.05, 0.1) is 31.5 Å². The van der Waals surface area contributed by atoms with Crippen molar-refractivity contribution in [2.75, 3.05) is 12.4 Å². The lowest BCUT2D eigenvalue weighted by molar-refractivity contribution is -0.120. The Morgan fingerprint density at radius 3 is 2.48 bits per heavy atom. The molecule has 0 spiro atoms. The highest BCUT2D eigenvalue weighted by molar-refractivity contribution is 5.91. The summed E-state index contributed by atoms with van der Waals surface area (Å²) in [6, 6.07) is 12.4. The molecule has 6 nitrogen and oxygen atoms in total. The van der Waals surface area contributed by atoms with Crippen LogP contribution in [0.15, 0.2) is 48.7 Å². The quantitative estimate of drug-likeness (QED) is 0.857. The number of aromatic nitrogens is 1. The van der Waals surface area contributed by atoms with Gasteiger partial charge in [0, 0.05) is 13.0 Å². The highest BCUT2D eigenvalue weighted by atomic mass is 16.5. The molecule has 0 unspecified atom stereocenters. The SMILES string of the molecule is COc1ccc(NC(=O)C[C@@H](NC(C)=O)c2ccccc2)cn1. The summed E-state index contributed by atoms with van der Waals surface area (Å²) in [5.74, 6) is 0.0840. The van der Waals surface area contributed by atoms with Crippen molar-refractivity contribution in [3.8, 4) is 5.88 Å². The van der Waals surface area contributed by atoms with E-state index in [9.17, 15) is 9.59 Å². The van der Waals surface area contributed by atoms with Crippen LogP contribution in [0.2, 0.25) is 0 Å². The third-order valence-corrected chi connectivity index (χ3v) is 3.20. The van der Waals surface area contributed by atoms with Crippen molar-refractivity contribution in [1.29, 1.82) is 0 Å². The first-order chi connectivity index (χ1) is 11.1. The number of pyridine rings is 1. The number of hydrogen-bond acceptors (Lipinski definition) is 4. The third kappa shape index (κ3) is 5.10. The minimum Gasteiger partial charge on any atom is -0.481 e. The fourth-order valence-corrected chi connectivity index (χ4v) is 2.16. The van der Waals surface area contributed by atoms with Gasteiger partial charge in [-0.25, -0.2) is 4.98 Å². The van der Waals surface area contributed by atoms with Crippen LogP contribution in [-0.2, 0) is 9.59 Å². The first-order valence-corrected chi connectivity index (χ1v) is 7.20. The molecule has 2 rings (SSSR count). The summed E-state index contributed by atoms with van der Waals surface area (Å²) in [4.78, 5) is 27.6. The number of nitrogens with one attached hydrogen (secondary N) is 2. The van der Waals surface area contributed by atoms with Gasteiger partial charge in [-0.2, -0.15) is 0 Å². The molecule has 0 aliphatic carbocycles. The monoisotopic (exact) mass is 313 g/mol. The van der Waals surface area contributed by atoms with Crippen molar-refractivity contribution in [1.82, 2.24) is 10.3 Å². The van der Waals surface area contributed by atoms with E-state index in [1.54, 1.807) is 12.1 Å². The van der Waals surface area contributed by atoms with Crippen LogP contribution in [-0.4, -0.2) is 23.9 Å². The lowest BCUT2D eigenvalue weighted by Gasteiger charge is -2.18. The molecule has 2 amide bonds. The number of rotatable bonds is 6. The topological polar surface area (TPSA) is 80.3 Å². The summed E-state index contributed by atoms with van der Waals surface area (Å²) in [6.45, 7) is 1.43. The standard InChI is InChI=1S/C17H19N3O3/c1-12(21)19-15(13-6-4-3-5-7-13)10-16(22)20-14-8-9-17(23-2)18-11-14/h3-9,11,15H,10H2,1-2H3,(H,19,21)(H,20,22)/t15-/m1/s1. The fourth-order valence-electron chi connectivity index (χ4n) is 2.16. The van der Waals surface area contributed by atoms with Crippen LogP contribution in [0.25, 0.3) is 0 Å². The molecule has 1 atom stereocenters. The molecule has 0 aliphatic heterocycles. The van der Waals surface area contributed by atoms with E-state index < -0.39 is 0 Å². The van der Waals surface area contributed by atoms with Crippen molar-refractivity contribution in [3.05, 3.63) is 54.2 Å². The minimum absolute atomic E-state index is 0.135. The van der Waals surface area contributed by atoms with Crippen LogP contribution in [0, 0.1) is 0 Å². The molecule has 23 heavy (non-hydrogen) atoms. The van der Waals surface area contributed by atoms with E-state index in [-0.39, 0.29) is 24.3 Å². The zero-order valence-corrected chi connectivity index (χ0v) is 13.1. The van der Waals surface area contributed by atoms with Gasteiger partial charge in [0.25, 0.3) is 0 Å². The predicted octanol–water partition coefficient (Wildman–Crippen LogP) is 2.30. The van der Waals surface area contributed by atoms with Gasteiger partial charge in [-0.05, 0) is 11.6 Å². The number of benzene rings is 1. The Morgan fingerprint density at radius 1 is 1.17 bits per heavy atom. The number of carbonyl (C=O) groups excluding carboxylic acids is 2. The van der Waals surface area contributed by atoms with Gasteiger partial charge >= 0.3 is 0 Å². The Hall–Kier alpha value is -2.89. The maximum Gasteiger partial charge on any atom is 0.226 e. The van der Waals surface area contributed by atoms with E-state index in [0.29, 0.717) is 11.6 Å². The van der Waals surface area contributed by atoms with E-state index in [1.807, 2.05) is 30.3 Å². The molecule has 1 aromatic heterocycles. The van der Waals surface area contributed by atoms with Crippen molar-refractivity contribution < 1.29 is 14.3 Å². The maximum absolute atomic E-state index is 12.2. The molecule has 1 aromatic carbocycles. The fraction of sp³-hybridized carbons (Fsp3) is 0.235. The summed E-state index contributed by atoms with van der Waals surface area (Å²) in [5, 5.41) is 5.55. The van der Waals surface area contributed by atoms with Gasteiger partial charge < -0.3 is 15.4 Å². The van der Waals surface area contributed by atoms with Gasteiger partial charge in [0.1, 0.15) is 0 Å². The zero-order chi connectivity index (χ0) is 16.7. The molecular formula is C17H19N3O3. The Balaban J connectivity index is 2.03. The van der Waals surface area contributed by atoms with Gasteiger partial charge in [-0.15, -0.1) is 0 Å². The number of amides is 2. The van der Waals surface area contributed by atoms with Crippen molar-refractivity contribution in [2.24, 2.45) is 0 Å². The Kier molecular flexibility index (Phi) is 5.68. The number of methoxy groups -OCH3 is 1. The summed E-state index contributed by atoms with van der Waals surface area (Å²) in [7, 11) is 1.53. The van der Waals surface area contributed by atoms with Crippen LogP contribution >= 0.6 is 0 Å². The molecule has 120 valence electrons. The first kappa shape index (κ1) is 16.5. The molecule has 0 aliphatic rings. The van der Waals surface area contributed by atoms with Crippen LogP contribution in [0.1, 0.15) is 24.9 Å². The zero-order valence-electron chi connectivity index (χ0n) is 13.1. The normalized spacial score (nSPS) is 11.4. The summed E-state index contributed by atoms with van der Waals surface area (Å²) >= 11 is 0. The van der Waals surface area contributed by atoms with E-state index >= 15 is 0 Å². The average Bonchev–Trinajstić information content (AvgIpc) is 2.55. The highest BCUT2D eigenvalue weighted by Gasteiger charge is 2.17. The number of anilines is 1. The molecule has 2 N–H and O–H groups in total. The number of hydrogen-bond donors (Lipinski definition) is 2. The van der Waals surface area contributed by atoms with Gasteiger partial charge in [-0.3, -0.25) is 9.59 Å². The van der Waals surface area contributed by atoms with Gasteiger partial charge in [0.2, 0.25) is 17.7 Å². The Labute approximate surface area is 134 Å². The second-order valence-electron chi connectivity index (χ2n) is 5.01. The molecule has 2 aromatic rings. The molecule has 0 bridgehead atoms. The van der Waals surface area contributed by atoms with E-state index in [1.165, 1.54) is 20.2 Å². The molecular weight excluding hydrogens is 294 g/mol. The number of ether oxygens (including phenoxy) is 1. The Morgan fingerprint density at radius 2 is 1.91 bits per heavy atom. The summed E-state index contributed by atoms with van der Waals surface area (Å²) in [5.41, 5.74) is 1.45. The van der Waals surface area contributed by atoms with Crippen LogP contribution in [0.3, 0.4) is 0 Å². The van der Waals surface area contributed by atoms with Crippen molar-refractivity contribution >= 4 is 17.5 Å². The second-order valence-corrected chi connectivity index (χ2v) is 5.01.